The molecule has 1 aromatic rings. The van der Waals surface area contributed by atoms with Crippen molar-refractivity contribution in [2.45, 2.75) is 31.8 Å². The zero-order valence-corrected chi connectivity index (χ0v) is 11.8. The predicted octanol–water partition coefficient (Wildman–Crippen LogP) is 1.80. The quantitative estimate of drug-likeness (QED) is 0.795. The monoisotopic (exact) mass is 281 g/mol. The minimum absolute atomic E-state index is 0.281. The molecular weight excluding hydrogens is 262 g/mol. The molecule has 0 N–H and O–H groups in total. The van der Waals surface area contributed by atoms with Gasteiger partial charge in [-0.2, -0.15) is 0 Å². The van der Waals surface area contributed by atoms with Gasteiger partial charge < -0.3 is 9.47 Å². The van der Waals surface area contributed by atoms with Crippen LogP contribution in [0.4, 0.5) is 0 Å². The lowest BCUT2D eigenvalue weighted by atomic mass is 10.0. The van der Waals surface area contributed by atoms with Crippen molar-refractivity contribution >= 4 is 11.7 Å². The number of fused-ring (bicyclic) bond motifs is 2. The number of ether oxygens (including phenoxy) is 2. The molecule has 1 aromatic heterocycles. The largest absolute Gasteiger partial charge is 0.473 e. The van der Waals surface area contributed by atoms with Crippen LogP contribution in [0, 0.1) is 11.8 Å². The highest BCUT2D eigenvalue weighted by Crippen LogP contribution is 2.35. The van der Waals surface area contributed by atoms with Crippen molar-refractivity contribution in [1.29, 1.82) is 0 Å². The summed E-state index contributed by atoms with van der Waals surface area (Å²) in [6.45, 7) is 4.18. The normalized spacial score (nSPS) is 32.7. The molecular formula is C13H19N3O2S. The van der Waals surface area contributed by atoms with Crippen molar-refractivity contribution in [1.82, 2.24) is 13.6 Å². The summed E-state index contributed by atoms with van der Waals surface area (Å²) in [6, 6.07) is 0. The Morgan fingerprint density at radius 3 is 2.79 bits per heavy atom. The number of rotatable bonds is 6. The van der Waals surface area contributed by atoms with E-state index in [1.165, 1.54) is 44.1 Å². The van der Waals surface area contributed by atoms with Gasteiger partial charge in [0, 0.05) is 19.0 Å². The molecule has 0 amide bonds. The molecule has 5 nitrogen and oxygen atoms in total. The van der Waals surface area contributed by atoms with Crippen molar-refractivity contribution in [2.24, 2.45) is 11.8 Å². The third-order valence-corrected chi connectivity index (χ3v) is 4.92. The molecule has 1 saturated carbocycles. The zero-order chi connectivity index (χ0) is 12.7. The van der Waals surface area contributed by atoms with Crippen LogP contribution in [0.2, 0.25) is 0 Å². The maximum atomic E-state index is 6.02. The van der Waals surface area contributed by atoms with Gasteiger partial charge in [-0.05, 0) is 25.3 Å². The predicted molar refractivity (Wildman–Crippen MR) is 71.7 cm³/mol. The van der Waals surface area contributed by atoms with E-state index in [4.69, 9.17) is 9.47 Å². The fourth-order valence-corrected chi connectivity index (χ4v) is 3.51. The molecule has 3 atom stereocenters. The average molecular weight is 281 g/mol. The first-order valence-electron chi connectivity index (χ1n) is 7.23. The molecule has 0 aromatic carbocycles. The fourth-order valence-electron chi connectivity index (χ4n) is 3.07. The van der Waals surface area contributed by atoms with E-state index in [0.717, 1.165) is 25.5 Å². The van der Waals surface area contributed by atoms with Crippen LogP contribution >= 0.6 is 11.7 Å². The first-order valence-corrected chi connectivity index (χ1v) is 7.96. The van der Waals surface area contributed by atoms with Gasteiger partial charge in [0.2, 0.25) is 0 Å². The molecule has 1 aliphatic carbocycles. The molecule has 19 heavy (non-hydrogen) atoms. The van der Waals surface area contributed by atoms with Crippen LogP contribution in [0.3, 0.4) is 0 Å². The van der Waals surface area contributed by atoms with E-state index in [-0.39, 0.29) is 6.10 Å². The summed E-state index contributed by atoms with van der Waals surface area (Å²) in [7, 11) is 0. The average Bonchev–Trinajstić information content (AvgIpc) is 2.84. The lowest BCUT2D eigenvalue weighted by Gasteiger charge is -2.22. The molecule has 3 aliphatic rings. The van der Waals surface area contributed by atoms with E-state index < -0.39 is 0 Å². The third kappa shape index (κ3) is 2.56. The van der Waals surface area contributed by atoms with Crippen molar-refractivity contribution in [2.75, 3.05) is 26.2 Å². The number of aromatic nitrogens is 2. The fraction of sp³-hybridized carbons (Fsp3) is 0.846. The van der Waals surface area contributed by atoms with Crippen LogP contribution < -0.4 is 9.47 Å². The van der Waals surface area contributed by atoms with E-state index in [9.17, 15) is 0 Å². The van der Waals surface area contributed by atoms with Crippen molar-refractivity contribution < 1.29 is 9.47 Å². The maximum Gasteiger partial charge on any atom is 0.291 e. The second-order valence-corrected chi connectivity index (χ2v) is 6.45. The Kier molecular flexibility index (Phi) is 3.07. The summed E-state index contributed by atoms with van der Waals surface area (Å²) >= 11 is 1.18. The molecule has 2 bridgehead atoms. The first-order chi connectivity index (χ1) is 9.38. The second kappa shape index (κ2) is 4.90. The Bertz CT molecular complexity index is 449. The highest BCUT2D eigenvalue weighted by Gasteiger charge is 2.40. The molecule has 2 saturated heterocycles. The molecule has 3 unspecified atom stereocenters. The molecule has 3 heterocycles. The summed E-state index contributed by atoms with van der Waals surface area (Å²) in [5.41, 5.74) is 0. The molecule has 6 heteroatoms. The summed E-state index contributed by atoms with van der Waals surface area (Å²) in [5.74, 6) is 2.76. The topological polar surface area (TPSA) is 47.5 Å². The molecule has 4 rings (SSSR count). The van der Waals surface area contributed by atoms with Crippen molar-refractivity contribution in [3.63, 3.8) is 0 Å². The Balaban J connectivity index is 1.34. The van der Waals surface area contributed by atoms with Gasteiger partial charge >= 0.3 is 0 Å². The van der Waals surface area contributed by atoms with Crippen LogP contribution in [0.25, 0.3) is 0 Å². The Hall–Kier alpha value is -0.880. The van der Waals surface area contributed by atoms with Gasteiger partial charge in [-0.3, -0.25) is 4.90 Å². The molecule has 0 radical (unpaired) electrons. The minimum Gasteiger partial charge on any atom is -0.473 e. The number of hydrogen-bond acceptors (Lipinski definition) is 6. The van der Waals surface area contributed by atoms with Gasteiger partial charge in [-0.1, -0.05) is 12.8 Å². The van der Waals surface area contributed by atoms with E-state index in [0.29, 0.717) is 17.7 Å². The van der Waals surface area contributed by atoms with Crippen LogP contribution in [0.15, 0.2) is 0 Å². The first kappa shape index (κ1) is 11.9. The van der Waals surface area contributed by atoms with E-state index in [1.54, 1.807) is 0 Å². The van der Waals surface area contributed by atoms with Gasteiger partial charge in [0.25, 0.3) is 11.8 Å². The van der Waals surface area contributed by atoms with E-state index in [1.807, 2.05) is 0 Å². The number of nitrogens with zero attached hydrogens (tertiary/aromatic N) is 3. The highest BCUT2D eigenvalue weighted by atomic mass is 32.1. The number of hydrogen-bond donors (Lipinski definition) is 0. The summed E-state index contributed by atoms with van der Waals surface area (Å²) in [5, 5.41) is 0. The van der Waals surface area contributed by atoms with Crippen LogP contribution in [0.5, 0.6) is 11.8 Å². The number of piperidine rings is 1. The van der Waals surface area contributed by atoms with Crippen molar-refractivity contribution in [3.8, 4) is 11.8 Å². The third-order valence-electron chi connectivity index (χ3n) is 4.43. The summed E-state index contributed by atoms with van der Waals surface area (Å²) < 4.78 is 20.2. The van der Waals surface area contributed by atoms with Gasteiger partial charge in [0.05, 0.1) is 18.3 Å². The lowest BCUT2D eigenvalue weighted by molar-refractivity contribution is 0.129. The summed E-state index contributed by atoms with van der Waals surface area (Å²) in [6.07, 6.45) is 5.39. The van der Waals surface area contributed by atoms with Gasteiger partial charge in [0.15, 0.2) is 0 Å². The maximum absolute atomic E-state index is 6.02. The molecule has 0 spiro atoms. The zero-order valence-electron chi connectivity index (χ0n) is 11.0. The SMILES string of the molecule is C(CC1CC1)Oc1nsnc1OC1CN2CCC1C2. The Morgan fingerprint density at radius 1 is 1.16 bits per heavy atom. The van der Waals surface area contributed by atoms with Crippen LogP contribution in [0.1, 0.15) is 25.7 Å². The highest BCUT2D eigenvalue weighted by molar-refractivity contribution is 6.99. The van der Waals surface area contributed by atoms with Crippen LogP contribution in [-0.2, 0) is 0 Å². The van der Waals surface area contributed by atoms with E-state index >= 15 is 0 Å². The smallest absolute Gasteiger partial charge is 0.291 e. The van der Waals surface area contributed by atoms with Crippen LogP contribution in [-0.4, -0.2) is 46.0 Å². The molecule has 104 valence electrons. The Morgan fingerprint density at radius 2 is 2.05 bits per heavy atom. The summed E-state index contributed by atoms with van der Waals surface area (Å²) in [4.78, 5) is 2.46. The Labute approximate surface area is 117 Å². The molecule has 3 fully saturated rings. The van der Waals surface area contributed by atoms with Gasteiger partial charge in [0.1, 0.15) is 6.10 Å². The molecule has 2 aliphatic heterocycles. The minimum atomic E-state index is 0.281. The lowest BCUT2D eigenvalue weighted by Crippen LogP contribution is -2.32. The van der Waals surface area contributed by atoms with Gasteiger partial charge in [-0.15, -0.1) is 8.75 Å². The van der Waals surface area contributed by atoms with Crippen molar-refractivity contribution in [3.05, 3.63) is 0 Å². The van der Waals surface area contributed by atoms with E-state index in [2.05, 4.69) is 13.6 Å². The second-order valence-electron chi connectivity index (χ2n) is 5.92. The standard InChI is InChI=1S/C13H19N3O2S/c1-2-9(1)4-6-17-12-13(15-19-14-12)18-11-8-16-5-3-10(11)7-16/h9-11H,1-8H2. The van der Waals surface area contributed by atoms with Gasteiger partial charge in [-0.25, -0.2) is 0 Å².